The molecule has 1 aliphatic rings. The molecule has 2 heterocycles. The maximum Gasteiger partial charge on any atom is 0.401 e. The van der Waals surface area contributed by atoms with Crippen molar-refractivity contribution in [2.75, 3.05) is 25.0 Å². The summed E-state index contributed by atoms with van der Waals surface area (Å²) in [6.07, 6.45) is -2.61. The summed E-state index contributed by atoms with van der Waals surface area (Å²) in [6, 6.07) is -0.137. The molecule has 1 aromatic rings. The predicted molar refractivity (Wildman–Crippen MR) is 68.4 cm³/mol. The Kier molecular flexibility index (Phi) is 4.42. The number of alkyl halides is 3. The number of aryl methyl sites for hydroxylation is 2. The van der Waals surface area contributed by atoms with E-state index in [1.165, 1.54) is 4.90 Å². The van der Waals surface area contributed by atoms with Gasteiger partial charge in [-0.2, -0.15) is 18.3 Å². The van der Waals surface area contributed by atoms with Gasteiger partial charge in [-0.15, -0.1) is 5.10 Å². The van der Waals surface area contributed by atoms with Gasteiger partial charge in [-0.3, -0.25) is 4.90 Å². The van der Waals surface area contributed by atoms with Gasteiger partial charge in [0.05, 0.1) is 17.9 Å². The summed E-state index contributed by atoms with van der Waals surface area (Å²) in [7, 11) is 0. The maximum atomic E-state index is 12.4. The summed E-state index contributed by atoms with van der Waals surface area (Å²) in [6.45, 7) is 3.66. The molecule has 0 spiro atoms. The highest BCUT2D eigenvalue weighted by Gasteiger charge is 2.35. The van der Waals surface area contributed by atoms with Crippen LogP contribution in [0.5, 0.6) is 0 Å². The molecule has 8 heteroatoms. The SMILES string of the molecule is Cc1nnc(NCC2CCCN2CC(F)(F)F)nc1C. The molecule has 112 valence electrons. The van der Waals surface area contributed by atoms with Gasteiger partial charge in [-0.25, -0.2) is 4.98 Å². The fraction of sp³-hybridized carbons (Fsp3) is 0.750. The fourth-order valence-electron chi connectivity index (χ4n) is 2.31. The first-order chi connectivity index (χ1) is 9.35. The van der Waals surface area contributed by atoms with Gasteiger partial charge in [0.25, 0.3) is 0 Å². The van der Waals surface area contributed by atoms with Crippen LogP contribution in [0.1, 0.15) is 24.2 Å². The van der Waals surface area contributed by atoms with Crippen LogP contribution < -0.4 is 5.32 Å². The zero-order chi connectivity index (χ0) is 14.8. The van der Waals surface area contributed by atoms with Gasteiger partial charge < -0.3 is 5.32 Å². The second-order valence-corrected chi connectivity index (χ2v) is 5.07. The molecular weight excluding hydrogens is 271 g/mol. The number of hydrogen-bond donors (Lipinski definition) is 1. The van der Waals surface area contributed by atoms with Crippen LogP contribution in [0.4, 0.5) is 19.1 Å². The minimum absolute atomic E-state index is 0.137. The summed E-state index contributed by atoms with van der Waals surface area (Å²) < 4.78 is 37.3. The minimum atomic E-state index is -4.15. The van der Waals surface area contributed by atoms with Crippen molar-refractivity contribution in [1.82, 2.24) is 20.1 Å². The standard InChI is InChI=1S/C12H18F3N5/c1-8-9(2)18-19-11(17-8)16-6-10-4-3-5-20(10)7-12(13,14)15/h10H,3-7H2,1-2H3,(H,16,17,19). The monoisotopic (exact) mass is 289 g/mol. The zero-order valence-corrected chi connectivity index (χ0v) is 11.5. The molecular formula is C12H18F3N5. The third-order valence-electron chi connectivity index (χ3n) is 3.47. The highest BCUT2D eigenvalue weighted by Crippen LogP contribution is 2.24. The third-order valence-corrected chi connectivity index (χ3v) is 3.47. The first-order valence-corrected chi connectivity index (χ1v) is 6.58. The Balaban J connectivity index is 1.90. The van der Waals surface area contributed by atoms with Crippen molar-refractivity contribution in [3.63, 3.8) is 0 Å². The molecule has 1 saturated heterocycles. The van der Waals surface area contributed by atoms with Crippen molar-refractivity contribution < 1.29 is 13.2 Å². The van der Waals surface area contributed by atoms with E-state index in [0.717, 1.165) is 24.2 Å². The lowest BCUT2D eigenvalue weighted by atomic mass is 10.2. The quantitative estimate of drug-likeness (QED) is 0.918. The van der Waals surface area contributed by atoms with Gasteiger partial charge in [0.15, 0.2) is 0 Å². The Labute approximate surface area is 115 Å². The lowest BCUT2D eigenvalue weighted by Crippen LogP contribution is -2.41. The molecule has 0 amide bonds. The van der Waals surface area contributed by atoms with Crippen LogP contribution in [0.3, 0.4) is 0 Å². The molecule has 1 fully saturated rings. The second kappa shape index (κ2) is 5.90. The van der Waals surface area contributed by atoms with Crippen LogP contribution in [0.15, 0.2) is 0 Å². The number of halogens is 3. The molecule has 20 heavy (non-hydrogen) atoms. The Bertz CT molecular complexity index is 463. The number of hydrogen-bond acceptors (Lipinski definition) is 5. The van der Waals surface area contributed by atoms with Gasteiger partial charge >= 0.3 is 6.18 Å². The van der Waals surface area contributed by atoms with Crippen molar-refractivity contribution in [2.45, 2.75) is 38.9 Å². The van der Waals surface area contributed by atoms with Crippen LogP contribution in [0, 0.1) is 13.8 Å². The third kappa shape index (κ3) is 4.03. The van der Waals surface area contributed by atoms with Crippen LogP contribution >= 0.6 is 0 Å². The smallest absolute Gasteiger partial charge is 0.351 e. The Morgan fingerprint density at radius 3 is 2.65 bits per heavy atom. The first kappa shape index (κ1) is 15.0. The molecule has 1 unspecified atom stereocenters. The van der Waals surface area contributed by atoms with Crippen LogP contribution in [0.25, 0.3) is 0 Å². The Morgan fingerprint density at radius 1 is 1.25 bits per heavy atom. The molecule has 0 aromatic carbocycles. The van der Waals surface area contributed by atoms with Crippen LogP contribution in [0.2, 0.25) is 0 Å². The van der Waals surface area contributed by atoms with Gasteiger partial charge in [0.2, 0.25) is 5.95 Å². The molecule has 1 aliphatic heterocycles. The largest absolute Gasteiger partial charge is 0.401 e. The summed E-state index contributed by atoms with van der Waals surface area (Å²) in [4.78, 5) is 5.67. The minimum Gasteiger partial charge on any atom is -0.351 e. The first-order valence-electron chi connectivity index (χ1n) is 6.58. The van der Waals surface area contributed by atoms with E-state index < -0.39 is 12.7 Å². The van der Waals surface area contributed by atoms with E-state index in [1.54, 1.807) is 6.92 Å². The summed E-state index contributed by atoms with van der Waals surface area (Å²) in [5.74, 6) is 0.368. The van der Waals surface area contributed by atoms with Gasteiger partial charge in [0, 0.05) is 12.6 Å². The molecule has 0 saturated carbocycles. The molecule has 1 atom stereocenters. The van der Waals surface area contributed by atoms with Crippen molar-refractivity contribution in [1.29, 1.82) is 0 Å². The average Bonchev–Trinajstić information content (AvgIpc) is 2.76. The van der Waals surface area contributed by atoms with E-state index in [0.29, 0.717) is 19.0 Å². The molecule has 1 N–H and O–H groups in total. The van der Waals surface area contributed by atoms with E-state index in [-0.39, 0.29) is 6.04 Å². The molecule has 2 rings (SSSR count). The van der Waals surface area contributed by atoms with E-state index >= 15 is 0 Å². The zero-order valence-electron chi connectivity index (χ0n) is 11.5. The highest BCUT2D eigenvalue weighted by molar-refractivity contribution is 5.25. The maximum absolute atomic E-state index is 12.4. The molecule has 0 radical (unpaired) electrons. The summed E-state index contributed by atoms with van der Waals surface area (Å²) in [5.41, 5.74) is 1.51. The number of aromatic nitrogens is 3. The second-order valence-electron chi connectivity index (χ2n) is 5.07. The normalized spacial score (nSPS) is 20.4. The topological polar surface area (TPSA) is 53.9 Å². The van der Waals surface area contributed by atoms with Gasteiger partial charge in [-0.1, -0.05) is 0 Å². The van der Waals surface area contributed by atoms with Crippen molar-refractivity contribution in [2.24, 2.45) is 0 Å². The van der Waals surface area contributed by atoms with Gasteiger partial charge in [0.1, 0.15) is 0 Å². The summed E-state index contributed by atoms with van der Waals surface area (Å²) in [5, 5.41) is 10.8. The number of anilines is 1. The van der Waals surface area contributed by atoms with Crippen LogP contribution in [-0.4, -0.2) is 51.9 Å². The number of nitrogens with one attached hydrogen (secondary N) is 1. The van der Waals surface area contributed by atoms with Crippen LogP contribution in [-0.2, 0) is 0 Å². The highest BCUT2D eigenvalue weighted by atomic mass is 19.4. The number of nitrogens with zero attached hydrogens (tertiary/aromatic N) is 4. The molecule has 1 aromatic heterocycles. The number of likely N-dealkylation sites (tertiary alicyclic amines) is 1. The molecule has 5 nitrogen and oxygen atoms in total. The average molecular weight is 289 g/mol. The van der Waals surface area contributed by atoms with Crippen molar-refractivity contribution >= 4 is 5.95 Å². The van der Waals surface area contributed by atoms with Gasteiger partial charge in [-0.05, 0) is 33.2 Å². The fourth-order valence-corrected chi connectivity index (χ4v) is 2.31. The molecule has 0 bridgehead atoms. The summed E-state index contributed by atoms with van der Waals surface area (Å²) >= 11 is 0. The number of rotatable bonds is 4. The Hall–Kier alpha value is -1.44. The lowest BCUT2D eigenvalue weighted by molar-refractivity contribution is -0.147. The van der Waals surface area contributed by atoms with Crippen molar-refractivity contribution in [3.8, 4) is 0 Å². The molecule has 0 aliphatic carbocycles. The van der Waals surface area contributed by atoms with E-state index in [9.17, 15) is 13.2 Å². The van der Waals surface area contributed by atoms with Crippen molar-refractivity contribution in [3.05, 3.63) is 11.4 Å². The predicted octanol–water partition coefficient (Wildman–Crippen LogP) is 1.93. The van der Waals surface area contributed by atoms with E-state index in [2.05, 4.69) is 20.5 Å². The lowest BCUT2D eigenvalue weighted by Gasteiger charge is -2.25. The Morgan fingerprint density at radius 2 is 2.00 bits per heavy atom. The van der Waals surface area contributed by atoms with E-state index in [1.807, 2.05) is 6.92 Å². The van der Waals surface area contributed by atoms with E-state index in [4.69, 9.17) is 0 Å².